The van der Waals surface area contributed by atoms with Gasteiger partial charge >= 0.3 is 17.9 Å². The fourth-order valence-corrected chi connectivity index (χ4v) is 9.24. The molecule has 75 heavy (non-hydrogen) atoms. The topological polar surface area (TPSA) is 78.9 Å². The maximum Gasteiger partial charge on any atom is 0.306 e. The van der Waals surface area contributed by atoms with E-state index in [4.69, 9.17) is 14.2 Å². The molecule has 0 aliphatic rings. The summed E-state index contributed by atoms with van der Waals surface area (Å²) in [7, 11) is 0. The predicted octanol–water partition coefficient (Wildman–Crippen LogP) is 22.1. The van der Waals surface area contributed by atoms with Gasteiger partial charge in [-0.3, -0.25) is 14.4 Å². The number of hydrogen-bond donors (Lipinski definition) is 0. The van der Waals surface area contributed by atoms with Crippen LogP contribution in [-0.2, 0) is 28.6 Å². The summed E-state index contributed by atoms with van der Waals surface area (Å²) >= 11 is 0. The van der Waals surface area contributed by atoms with Gasteiger partial charge in [-0.15, -0.1) is 0 Å². The molecule has 0 saturated heterocycles. The zero-order valence-corrected chi connectivity index (χ0v) is 49.8. The fraction of sp³-hybridized carbons (Fsp3) is 0.783. The Balaban J connectivity index is 4.39. The van der Waals surface area contributed by atoms with Crippen LogP contribution in [0.15, 0.2) is 72.9 Å². The summed E-state index contributed by atoms with van der Waals surface area (Å²) in [5.74, 6) is -0.895. The van der Waals surface area contributed by atoms with E-state index in [9.17, 15) is 14.4 Å². The lowest BCUT2D eigenvalue weighted by Gasteiger charge is -2.18. The Morgan fingerprint density at radius 1 is 0.267 bits per heavy atom. The predicted molar refractivity (Wildman–Crippen MR) is 325 cm³/mol. The Morgan fingerprint density at radius 2 is 0.480 bits per heavy atom. The Kier molecular flexibility index (Phi) is 60.7. The van der Waals surface area contributed by atoms with Crippen LogP contribution in [0.3, 0.4) is 0 Å². The van der Waals surface area contributed by atoms with Gasteiger partial charge in [0.25, 0.3) is 0 Å². The van der Waals surface area contributed by atoms with Gasteiger partial charge in [0.15, 0.2) is 6.10 Å². The van der Waals surface area contributed by atoms with E-state index < -0.39 is 6.10 Å². The monoisotopic (exact) mass is 1050 g/mol. The molecule has 434 valence electrons. The highest BCUT2D eigenvalue weighted by Gasteiger charge is 2.19. The molecule has 0 aromatic rings. The molecule has 0 heterocycles. The highest BCUT2D eigenvalue weighted by Crippen LogP contribution is 2.16. The number of carbonyl (C=O) groups excluding carboxylic acids is 3. The van der Waals surface area contributed by atoms with Crippen molar-refractivity contribution in [1.29, 1.82) is 0 Å². The first kappa shape index (κ1) is 71.8. The zero-order valence-electron chi connectivity index (χ0n) is 49.8. The van der Waals surface area contributed by atoms with Gasteiger partial charge in [-0.25, -0.2) is 0 Å². The molecule has 0 fully saturated rings. The van der Waals surface area contributed by atoms with Gasteiger partial charge in [-0.2, -0.15) is 0 Å². The second kappa shape index (κ2) is 63.4. The van der Waals surface area contributed by atoms with Crippen molar-refractivity contribution in [2.45, 2.75) is 335 Å². The van der Waals surface area contributed by atoms with Crippen molar-refractivity contribution in [2.24, 2.45) is 0 Å². The minimum atomic E-state index is -0.788. The van der Waals surface area contributed by atoms with Crippen LogP contribution < -0.4 is 0 Å². The minimum absolute atomic E-state index is 0.0845. The molecule has 0 rings (SSSR count). The summed E-state index contributed by atoms with van der Waals surface area (Å²) < 4.78 is 16.9. The van der Waals surface area contributed by atoms with Crippen LogP contribution in [0.4, 0.5) is 0 Å². The van der Waals surface area contributed by atoms with Gasteiger partial charge in [0.1, 0.15) is 13.2 Å². The summed E-state index contributed by atoms with van der Waals surface area (Å²) in [4.78, 5) is 38.3. The molecule has 0 spiro atoms. The quantitative estimate of drug-likeness (QED) is 0.0261. The molecule has 0 amide bonds. The van der Waals surface area contributed by atoms with Gasteiger partial charge in [0, 0.05) is 19.3 Å². The maximum atomic E-state index is 12.9. The molecule has 0 aromatic carbocycles. The van der Waals surface area contributed by atoms with Crippen molar-refractivity contribution in [1.82, 2.24) is 0 Å². The summed E-state index contributed by atoms with van der Waals surface area (Å²) in [6.45, 7) is 6.62. The minimum Gasteiger partial charge on any atom is -0.462 e. The van der Waals surface area contributed by atoms with Gasteiger partial charge < -0.3 is 14.2 Å². The number of allylic oxidation sites excluding steroid dienone is 12. The highest BCUT2D eigenvalue weighted by atomic mass is 16.6. The second-order valence-corrected chi connectivity index (χ2v) is 21.7. The fourth-order valence-electron chi connectivity index (χ4n) is 9.24. The molecular weight excluding hydrogens is 925 g/mol. The Bertz CT molecular complexity index is 1390. The third-order valence-corrected chi connectivity index (χ3v) is 14.2. The average molecular weight is 1050 g/mol. The molecular formula is C69H122O6. The third kappa shape index (κ3) is 61.6. The van der Waals surface area contributed by atoms with Crippen molar-refractivity contribution in [3.05, 3.63) is 72.9 Å². The first-order valence-corrected chi connectivity index (χ1v) is 32.4. The Hall–Kier alpha value is -3.15. The van der Waals surface area contributed by atoms with Crippen LogP contribution in [0.5, 0.6) is 0 Å². The van der Waals surface area contributed by atoms with Crippen LogP contribution >= 0.6 is 0 Å². The summed E-state index contributed by atoms with van der Waals surface area (Å²) in [5, 5.41) is 0. The van der Waals surface area contributed by atoms with E-state index in [2.05, 4.69) is 93.7 Å². The lowest BCUT2D eigenvalue weighted by Crippen LogP contribution is -2.30. The molecule has 0 aromatic heterocycles. The molecule has 1 unspecified atom stereocenters. The van der Waals surface area contributed by atoms with E-state index in [-0.39, 0.29) is 31.1 Å². The van der Waals surface area contributed by atoms with Gasteiger partial charge in [-0.1, -0.05) is 267 Å². The van der Waals surface area contributed by atoms with E-state index in [0.29, 0.717) is 19.3 Å². The smallest absolute Gasteiger partial charge is 0.306 e. The molecule has 0 saturated carbocycles. The highest BCUT2D eigenvalue weighted by molar-refractivity contribution is 5.71. The SMILES string of the molecule is CCCCCC/C=C\C/C=C\CCCCCCCC(=O)OCC(COC(=O)CCCCCCCCCC/C=C\C/C=C\C/C=C\CCCCCCC)OC(=O)CCCCCCCCC/C=C\CCCCCCCCC. The van der Waals surface area contributed by atoms with E-state index in [1.165, 1.54) is 193 Å². The molecule has 0 aliphatic heterocycles. The number of rotatable bonds is 59. The Labute approximate surface area is 465 Å². The molecule has 0 aliphatic carbocycles. The largest absolute Gasteiger partial charge is 0.462 e. The maximum absolute atomic E-state index is 12.9. The number of hydrogen-bond acceptors (Lipinski definition) is 6. The third-order valence-electron chi connectivity index (χ3n) is 14.2. The molecule has 6 heteroatoms. The van der Waals surface area contributed by atoms with Gasteiger partial charge in [-0.05, 0) is 116 Å². The first-order chi connectivity index (χ1) is 37.0. The number of carbonyl (C=O) groups is 3. The van der Waals surface area contributed by atoms with Crippen LogP contribution in [-0.4, -0.2) is 37.2 Å². The molecule has 1 atom stereocenters. The van der Waals surface area contributed by atoms with E-state index in [1.807, 2.05) is 0 Å². The van der Waals surface area contributed by atoms with Crippen LogP contribution in [0.25, 0.3) is 0 Å². The average Bonchev–Trinajstić information content (AvgIpc) is 3.41. The second-order valence-electron chi connectivity index (χ2n) is 21.7. The number of ether oxygens (including phenoxy) is 3. The Morgan fingerprint density at radius 3 is 0.773 bits per heavy atom. The molecule has 0 radical (unpaired) electrons. The van der Waals surface area contributed by atoms with Crippen molar-refractivity contribution >= 4 is 17.9 Å². The van der Waals surface area contributed by atoms with Gasteiger partial charge in [0.2, 0.25) is 0 Å². The molecule has 0 bridgehead atoms. The van der Waals surface area contributed by atoms with Crippen molar-refractivity contribution in [3.63, 3.8) is 0 Å². The lowest BCUT2D eigenvalue weighted by atomic mass is 10.1. The zero-order chi connectivity index (χ0) is 54.3. The summed E-state index contributed by atoms with van der Waals surface area (Å²) in [5.41, 5.74) is 0. The van der Waals surface area contributed by atoms with Crippen molar-refractivity contribution in [3.8, 4) is 0 Å². The van der Waals surface area contributed by atoms with Crippen LogP contribution in [0, 0.1) is 0 Å². The van der Waals surface area contributed by atoms with E-state index in [0.717, 1.165) is 96.3 Å². The van der Waals surface area contributed by atoms with Crippen LogP contribution in [0.2, 0.25) is 0 Å². The number of unbranched alkanes of at least 4 members (excludes halogenated alkanes) is 36. The lowest BCUT2D eigenvalue weighted by molar-refractivity contribution is -0.167. The van der Waals surface area contributed by atoms with Crippen molar-refractivity contribution in [2.75, 3.05) is 13.2 Å². The van der Waals surface area contributed by atoms with E-state index >= 15 is 0 Å². The summed E-state index contributed by atoms with van der Waals surface area (Å²) in [6, 6.07) is 0. The van der Waals surface area contributed by atoms with Crippen LogP contribution in [0.1, 0.15) is 329 Å². The van der Waals surface area contributed by atoms with E-state index in [1.54, 1.807) is 0 Å². The number of esters is 3. The van der Waals surface area contributed by atoms with Gasteiger partial charge in [0.05, 0.1) is 0 Å². The molecule has 6 nitrogen and oxygen atoms in total. The first-order valence-electron chi connectivity index (χ1n) is 32.4. The van der Waals surface area contributed by atoms with Crippen molar-refractivity contribution < 1.29 is 28.6 Å². The standard InChI is InChI=1S/C69H122O6/c1-4-7-10-13-16-19-22-25-28-31-33-34-35-36-37-39-41-44-47-50-53-56-59-62-68(71)74-65-66(64-73-67(70)61-58-55-52-49-46-43-40-30-27-24-21-18-15-12-9-6-3)75-69(72)63-60-57-54-51-48-45-42-38-32-29-26-23-20-17-14-11-8-5-2/h21-22,24-25,29-33,35-36,40,66H,4-20,23,26-28,34,37-39,41-65H2,1-3H3/b24-21-,25-22-,32-29-,33-31-,36-35-,40-30-. The summed E-state index contributed by atoms with van der Waals surface area (Å²) in [6.07, 6.45) is 81.8. The normalized spacial score (nSPS) is 12.5. The molecule has 0 N–H and O–H groups in total.